The lowest BCUT2D eigenvalue weighted by Gasteiger charge is -1.99. The summed E-state index contributed by atoms with van der Waals surface area (Å²) < 4.78 is 0. The van der Waals surface area contributed by atoms with Crippen LogP contribution in [0.4, 0.5) is 0 Å². The molecule has 0 amide bonds. The third-order valence-electron chi connectivity index (χ3n) is 1.09. The summed E-state index contributed by atoms with van der Waals surface area (Å²) in [4.78, 5) is 20.4. The monoisotopic (exact) mass is 128 g/mol. The van der Waals surface area contributed by atoms with E-state index in [-0.39, 0.29) is 5.78 Å². The van der Waals surface area contributed by atoms with Crippen LogP contribution in [0.3, 0.4) is 0 Å². The minimum absolute atomic E-state index is 0.157. The van der Waals surface area contributed by atoms with Crippen LogP contribution in [0.2, 0.25) is 0 Å². The topological polar surface area (TPSA) is 60.2 Å². The lowest BCUT2D eigenvalue weighted by molar-refractivity contribution is -0.118. The molecule has 0 saturated heterocycles. The SMILES string of the molecule is CC(=O)C([C]=O)CCN. The van der Waals surface area contributed by atoms with Crippen LogP contribution in [0.1, 0.15) is 13.3 Å². The summed E-state index contributed by atoms with van der Waals surface area (Å²) in [5.41, 5.74) is 5.11. The number of nitrogens with two attached hydrogens (primary N) is 1. The fraction of sp³-hybridized carbons (Fsp3) is 0.667. The van der Waals surface area contributed by atoms with Crippen LogP contribution in [0.5, 0.6) is 0 Å². The average Bonchev–Trinajstić information content (AvgIpc) is 1.82. The molecule has 1 unspecified atom stereocenters. The molecule has 0 saturated carbocycles. The molecule has 0 spiro atoms. The number of rotatable bonds is 4. The second-order valence-electron chi connectivity index (χ2n) is 1.86. The van der Waals surface area contributed by atoms with Crippen LogP contribution >= 0.6 is 0 Å². The summed E-state index contributed by atoms with van der Waals surface area (Å²) in [6.07, 6.45) is 2.04. The van der Waals surface area contributed by atoms with Crippen molar-refractivity contribution in [1.82, 2.24) is 0 Å². The van der Waals surface area contributed by atoms with Crippen LogP contribution < -0.4 is 5.73 Å². The van der Waals surface area contributed by atoms with Gasteiger partial charge < -0.3 is 5.73 Å². The zero-order valence-electron chi connectivity index (χ0n) is 5.39. The van der Waals surface area contributed by atoms with Gasteiger partial charge >= 0.3 is 0 Å². The Morgan fingerprint density at radius 3 is 2.44 bits per heavy atom. The first-order chi connectivity index (χ1) is 4.22. The average molecular weight is 128 g/mol. The first kappa shape index (κ1) is 8.30. The minimum Gasteiger partial charge on any atom is -0.330 e. The van der Waals surface area contributed by atoms with Crippen molar-refractivity contribution >= 4 is 12.1 Å². The maximum atomic E-state index is 10.4. The van der Waals surface area contributed by atoms with Gasteiger partial charge in [0.15, 0.2) is 0 Å². The summed E-state index contributed by atoms with van der Waals surface area (Å²) in [5.74, 6) is -0.759. The van der Waals surface area contributed by atoms with Gasteiger partial charge in [-0.25, -0.2) is 0 Å². The molecule has 0 fully saturated rings. The van der Waals surface area contributed by atoms with Crippen LogP contribution in [0.25, 0.3) is 0 Å². The molecule has 9 heavy (non-hydrogen) atoms. The van der Waals surface area contributed by atoms with Gasteiger partial charge in [-0.15, -0.1) is 0 Å². The molecule has 0 rings (SSSR count). The maximum Gasteiger partial charge on any atom is 0.209 e. The van der Waals surface area contributed by atoms with E-state index < -0.39 is 5.92 Å². The van der Waals surface area contributed by atoms with Crippen molar-refractivity contribution in [2.24, 2.45) is 11.7 Å². The highest BCUT2D eigenvalue weighted by atomic mass is 16.1. The van der Waals surface area contributed by atoms with Crippen molar-refractivity contribution in [1.29, 1.82) is 0 Å². The van der Waals surface area contributed by atoms with Crippen molar-refractivity contribution in [3.63, 3.8) is 0 Å². The van der Waals surface area contributed by atoms with Crippen molar-refractivity contribution in [3.8, 4) is 0 Å². The molecule has 0 aromatic rings. The standard InChI is InChI=1S/C6H10NO2/c1-5(9)6(4-8)2-3-7/h6H,2-3,7H2,1H3. The molecule has 1 radical (unpaired) electrons. The molecule has 2 N–H and O–H groups in total. The quantitative estimate of drug-likeness (QED) is 0.526. The molecule has 3 heteroatoms. The molecule has 0 aliphatic rings. The lowest BCUT2D eigenvalue weighted by atomic mass is 10.0. The lowest BCUT2D eigenvalue weighted by Crippen LogP contribution is -2.16. The van der Waals surface area contributed by atoms with Gasteiger partial charge in [-0.1, -0.05) is 0 Å². The largest absolute Gasteiger partial charge is 0.330 e. The molecule has 0 heterocycles. The Labute approximate surface area is 54.2 Å². The molecular weight excluding hydrogens is 118 g/mol. The van der Waals surface area contributed by atoms with E-state index in [1.165, 1.54) is 6.92 Å². The van der Waals surface area contributed by atoms with E-state index in [0.29, 0.717) is 13.0 Å². The molecule has 0 bridgehead atoms. The van der Waals surface area contributed by atoms with E-state index in [2.05, 4.69) is 0 Å². The molecule has 0 aliphatic carbocycles. The molecule has 0 aliphatic heterocycles. The predicted octanol–water partition coefficient (Wildman–Crippen LogP) is -0.350. The third-order valence-corrected chi connectivity index (χ3v) is 1.09. The Hall–Kier alpha value is -0.700. The van der Waals surface area contributed by atoms with Crippen LogP contribution in [-0.4, -0.2) is 18.6 Å². The highest BCUT2D eigenvalue weighted by Gasteiger charge is 2.11. The zero-order chi connectivity index (χ0) is 7.28. The molecule has 3 nitrogen and oxygen atoms in total. The summed E-state index contributed by atoms with van der Waals surface area (Å²) in [5, 5.41) is 0. The van der Waals surface area contributed by atoms with Gasteiger partial charge in [0.25, 0.3) is 0 Å². The normalized spacial score (nSPS) is 12.7. The van der Waals surface area contributed by atoms with Gasteiger partial charge in [0.1, 0.15) is 5.78 Å². The fourth-order valence-corrected chi connectivity index (χ4v) is 0.512. The molecule has 0 aromatic carbocycles. The van der Waals surface area contributed by atoms with E-state index in [9.17, 15) is 9.59 Å². The molecule has 1 atom stereocenters. The van der Waals surface area contributed by atoms with Crippen molar-refractivity contribution in [3.05, 3.63) is 0 Å². The number of Topliss-reactive ketones (excluding diaryl/α,β-unsaturated/α-hetero) is 1. The van der Waals surface area contributed by atoms with Crippen LogP contribution in [0.15, 0.2) is 0 Å². The highest BCUT2D eigenvalue weighted by Crippen LogP contribution is 1.97. The van der Waals surface area contributed by atoms with Crippen LogP contribution in [0, 0.1) is 5.92 Å². The molecular formula is C6H10NO2. The number of hydrogen-bond acceptors (Lipinski definition) is 3. The van der Waals surface area contributed by atoms with Gasteiger partial charge in [0.05, 0.1) is 5.92 Å². The maximum absolute atomic E-state index is 10.4. The molecule has 51 valence electrons. The van der Waals surface area contributed by atoms with E-state index in [0.717, 1.165) is 0 Å². The third kappa shape index (κ3) is 2.98. The second-order valence-corrected chi connectivity index (χ2v) is 1.86. The van der Waals surface area contributed by atoms with Crippen molar-refractivity contribution in [2.45, 2.75) is 13.3 Å². The number of carbonyl (C=O) groups is 1. The van der Waals surface area contributed by atoms with Crippen molar-refractivity contribution < 1.29 is 9.59 Å². The first-order valence-electron chi connectivity index (χ1n) is 2.80. The molecule has 0 aromatic heterocycles. The van der Waals surface area contributed by atoms with E-state index in [4.69, 9.17) is 5.73 Å². The van der Waals surface area contributed by atoms with Crippen LogP contribution in [-0.2, 0) is 9.59 Å². The number of ketones is 1. The van der Waals surface area contributed by atoms with Gasteiger partial charge in [0, 0.05) is 0 Å². The smallest absolute Gasteiger partial charge is 0.209 e. The summed E-state index contributed by atoms with van der Waals surface area (Å²) in [6, 6.07) is 0. The van der Waals surface area contributed by atoms with E-state index in [1.807, 2.05) is 0 Å². The minimum atomic E-state index is -0.602. The van der Waals surface area contributed by atoms with Gasteiger partial charge in [-0.3, -0.25) is 9.59 Å². The Morgan fingerprint density at radius 2 is 2.33 bits per heavy atom. The van der Waals surface area contributed by atoms with Gasteiger partial charge in [-0.2, -0.15) is 0 Å². The number of carbonyl (C=O) groups excluding carboxylic acids is 2. The highest BCUT2D eigenvalue weighted by molar-refractivity contribution is 5.91. The zero-order valence-corrected chi connectivity index (χ0v) is 5.39. The Balaban J connectivity index is 3.68. The fourth-order valence-electron chi connectivity index (χ4n) is 0.512. The number of hydrogen-bond donors (Lipinski definition) is 1. The first-order valence-corrected chi connectivity index (χ1v) is 2.80. The van der Waals surface area contributed by atoms with Gasteiger partial charge in [0.2, 0.25) is 6.29 Å². The predicted molar refractivity (Wildman–Crippen MR) is 33.5 cm³/mol. The van der Waals surface area contributed by atoms with Crippen molar-refractivity contribution in [2.75, 3.05) is 6.54 Å². The van der Waals surface area contributed by atoms with E-state index >= 15 is 0 Å². The Morgan fingerprint density at radius 1 is 1.78 bits per heavy atom. The Kier molecular flexibility index (Phi) is 3.88. The summed E-state index contributed by atoms with van der Waals surface area (Å²) in [7, 11) is 0. The van der Waals surface area contributed by atoms with E-state index in [1.54, 1.807) is 6.29 Å². The Bertz CT molecular complexity index is 112. The summed E-state index contributed by atoms with van der Waals surface area (Å²) >= 11 is 0. The second kappa shape index (κ2) is 4.21. The summed E-state index contributed by atoms with van der Waals surface area (Å²) in [6.45, 7) is 1.73. The van der Waals surface area contributed by atoms with Gasteiger partial charge in [-0.05, 0) is 19.9 Å².